The number of benzene rings is 1. The number of amides is 1. The van der Waals surface area contributed by atoms with E-state index in [0.717, 1.165) is 6.42 Å². The lowest BCUT2D eigenvalue weighted by Crippen LogP contribution is -2.29. The van der Waals surface area contributed by atoms with Crippen molar-refractivity contribution in [3.05, 3.63) is 66.4 Å². The minimum absolute atomic E-state index is 0.0211. The quantitative estimate of drug-likeness (QED) is 0.476. The number of anilines is 1. The second-order valence-electron chi connectivity index (χ2n) is 7.16. The maximum atomic E-state index is 12.5. The van der Waals surface area contributed by atoms with Crippen molar-refractivity contribution in [2.24, 2.45) is 4.99 Å². The third-order valence-corrected chi connectivity index (χ3v) is 6.01. The van der Waals surface area contributed by atoms with Gasteiger partial charge in [0.25, 0.3) is 15.9 Å². The van der Waals surface area contributed by atoms with Crippen LogP contribution in [0.2, 0.25) is 0 Å². The number of nitrogens with one attached hydrogen (secondary N) is 2. The van der Waals surface area contributed by atoms with Gasteiger partial charge in [0.15, 0.2) is 6.61 Å². The Balaban J connectivity index is 1.30. The van der Waals surface area contributed by atoms with Gasteiger partial charge >= 0.3 is 5.97 Å². The monoisotopic (exact) mass is 471 g/mol. The summed E-state index contributed by atoms with van der Waals surface area (Å²) in [5, 5.41) is 6.56. The summed E-state index contributed by atoms with van der Waals surface area (Å²) in [6, 6.07) is 10.6. The molecular weight excluding hydrogens is 450 g/mol. The smallest absolute Gasteiger partial charge is 0.374 e. The zero-order valence-electron chi connectivity index (χ0n) is 17.4. The van der Waals surface area contributed by atoms with Crippen molar-refractivity contribution >= 4 is 33.4 Å². The van der Waals surface area contributed by atoms with Gasteiger partial charge in [0.2, 0.25) is 5.76 Å². The van der Waals surface area contributed by atoms with Crippen LogP contribution >= 0.6 is 0 Å². The summed E-state index contributed by atoms with van der Waals surface area (Å²) in [6.07, 6.45) is 4.75. The average molecular weight is 471 g/mol. The van der Waals surface area contributed by atoms with Crippen LogP contribution in [0.4, 0.5) is 5.69 Å². The predicted molar refractivity (Wildman–Crippen MR) is 117 cm³/mol. The van der Waals surface area contributed by atoms with Crippen molar-refractivity contribution in [3.63, 3.8) is 0 Å². The molecule has 4 rings (SSSR count). The molecule has 1 aliphatic rings. The molecule has 2 aromatic heterocycles. The number of amidine groups is 1. The Morgan fingerprint density at radius 3 is 2.82 bits per heavy atom. The number of carbonyl (C=O) groups is 2. The van der Waals surface area contributed by atoms with Gasteiger partial charge < -0.3 is 14.5 Å². The summed E-state index contributed by atoms with van der Waals surface area (Å²) in [5.74, 6) is -0.546. The molecule has 1 aromatic carbocycles. The summed E-state index contributed by atoms with van der Waals surface area (Å²) in [7, 11) is -3.82. The Kier molecular flexibility index (Phi) is 6.54. The molecule has 0 atom stereocenters. The SMILES string of the molecule is O=C(COC(=O)c1ccc(Cn2cccn2)o1)Nc1cccc(S(=O)(=O)NC2=NCCC2)c1. The van der Waals surface area contributed by atoms with Gasteiger partial charge in [0.05, 0.1) is 11.4 Å². The third kappa shape index (κ3) is 5.86. The number of furan rings is 1. The molecule has 0 saturated heterocycles. The van der Waals surface area contributed by atoms with Gasteiger partial charge in [-0.15, -0.1) is 0 Å². The van der Waals surface area contributed by atoms with Crippen LogP contribution in [-0.4, -0.2) is 49.1 Å². The number of aromatic nitrogens is 2. The van der Waals surface area contributed by atoms with Gasteiger partial charge in [-0.3, -0.25) is 19.2 Å². The fourth-order valence-corrected chi connectivity index (χ4v) is 4.24. The Morgan fingerprint density at radius 1 is 1.18 bits per heavy atom. The highest BCUT2D eigenvalue weighted by molar-refractivity contribution is 7.90. The molecule has 0 fully saturated rings. The lowest BCUT2D eigenvalue weighted by Gasteiger charge is -2.10. The van der Waals surface area contributed by atoms with Crippen LogP contribution in [0.3, 0.4) is 0 Å². The molecule has 0 unspecified atom stereocenters. The van der Waals surface area contributed by atoms with E-state index in [-0.39, 0.29) is 16.3 Å². The van der Waals surface area contributed by atoms with Gasteiger partial charge in [-0.25, -0.2) is 13.2 Å². The van der Waals surface area contributed by atoms with E-state index in [4.69, 9.17) is 9.15 Å². The molecular formula is C21H21N5O6S. The lowest BCUT2D eigenvalue weighted by atomic mass is 10.3. The van der Waals surface area contributed by atoms with Gasteiger partial charge in [0, 0.05) is 31.0 Å². The first-order valence-corrected chi connectivity index (χ1v) is 11.6. The van der Waals surface area contributed by atoms with Gasteiger partial charge in [-0.1, -0.05) is 6.07 Å². The number of esters is 1. The molecule has 0 bridgehead atoms. The first-order valence-electron chi connectivity index (χ1n) is 10.1. The van der Waals surface area contributed by atoms with Crippen molar-refractivity contribution in [2.45, 2.75) is 24.3 Å². The molecule has 11 nitrogen and oxygen atoms in total. The minimum atomic E-state index is -3.82. The molecule has 2 N–H and O–H groups in total. The number of sulfonamides is 1. The summed E-state index contributed by atoms with van der Waals surface area (Å²) in [6.45, 7) is 0.374. The molecule has 0 radical (unpaired) electrons. The fraction of sp³-hybridized carbons (Fsp3) is 0.238. The Labute approximate surface area is 189 Å². The van der Waals surface area contributed by atoms with Crippen LogP contribution in [0.1, 0.15) is 29.2 Å². The first-order chi connectivity index (χ1) is 15.9. The number of ether oxygens (including phenoxy) is 1. The number of carbonyl (C=O) groups excluding carboxylic acids is 2. The van der Waals surface area contributed by atoms with Crippen LogP contribution in [-0.2, 0) is 26.1 Å². The second kappa shape index (κ2) is 9.69. The summed E-state index contributed by atoms with van der Waals surface area (Å²) in [4.78, 5) is 28.4. The number of rotatable bonds is 8. The van der Waals surface area contributed by atoms with E-state index in [9.17, 15) is 18.0 Å². The normalized spacial score (nSPS) is 13.4. The van der Waals surface area contributed by atoms with Crippen LogP contribution in [0.25, 0.3) is 0 Å². The van der Waals surface area contributed by atoms with Crippen LogP contribution in [0.15, 0.2) is 69.2 Å². The van der Waals surface area contributed by atoms with Crippen molar-refractivity contribution in [3.8, 4) is 0 Å². The largest absolute Gasteiger partial charge is 0.452 e. The van der Waals surface area contributed by atoms with Crippen LogP contribution in [0.5, 0.6) is 0 Å². The third-order valence-electron chi connectivity index (χ3n) is 4.63. The maximum Gasteiger partial charge on any atom is 0.374 e. The second-order valence-corrected chi connectivity index (χ2v) is 8.84. The topological polar surface area (TPSA) is 145 Å². The van der Waals surface area contributed by atoms with Gasteiger partial charge in [-0.05, 0) is 42.8 Å². The molecule has 172 valence electrons. The highest BCUT2D eigenvalue weighted by Gasteiger charge is 2.19. The Hall–Kier alpha value is -3.93. The summed E-state index contributed by atoms with van der Waals surface area (Å²) >= 11 is 0. The van der Waals surface area contributed by atoms with Gasteiger partial charge in [0.1, 0.15) is 11.6 Å². The van der Waals surface area contributed by atoms with E-state index in [1.807, 2.05) is 0 Å². The van der Waals surface area contributed by atoms with E-state index in [0.29, 0.717) is 31.1 Å². The highest BCUT2D eigenvalue weighted by atomic mass is 32.2. The van der Waals surface area contributed by atoms with Crippen molar-refractivity contribution in [1.82, 2.24) is 14.5 Å². The first kappa shape index (κ1) is 22.3. The van der Waals surface area contributed by atoms with Crippen molar-refractivity contribution in [2.75, 3.05) is 18.5 Å². The maximum absolute atomic E-state index is 12.5. The molecule has 0 saturated carbocycles. The fourth-order valence-electron chi connectivity index (χ4n) is 3.10. The summed E-state index contributed by atoms with van der Waals surface area (Å²) < 4.78 is 39.5. The standard InChI is InChI=1S/C21H21N5O6S/c27-20(14-31-21(28)18-8-7-16(32-18)13-26-11-3-10-23-26)24-15-4-1-5-17(12-15)33(29,30)25-19-6-2-9-22-19/h1,3-5,7-8,10-12H,2,6,9,13-14H2,(H,22,25)(H,24,27). The van der Waals surface area contributed by atoms with E-state index < -0.39 is 28.5 Å². The van der Waals surface area contributed by atoms with Crippen LogP contribution in [0, 0.1) is 0 Å². The molecule has 1 aliphatic heterocycles. The van der Waals surface area contributed by atoms with Gasteiger partial charge in [-0.2, -0.15) is 5.10 Å². The Bertz CT molecular complexity index is 1280. The average Bonchev–Trinajstić information content (AvgIpc) is 3.56. The van der Waals surface area contributed by atoms with E-state index in [1.165, 1.54) is 30.3 Å². The molecule has 3 heterocycles. The number of nitrogens with zero attached hydrogens (tertiary/aromatic N) is 3. The number of aliphatic imine (C=N–C) groups is 1. The van der Waals surface area contributed by atoms with E-state index in [1.54, 1.807) is 29.2 Å². The zero-order valence-corrected chi connectivity index (χ0v) is 18.2. The lowest BCUT2D eigenvalue weighted by molar-refractivity contribution is -0.119. The number of hydrogen-bond donors (Lipinski definition) is 2. The van der Waals surface area contributed by atoms with Crippen molar-refractivity contribution < 1.29 is 27.2 Å². The molecule has 0 aliphatic carbocycles. The van der Waals surface area contributed by atoms with Crippen LogP contribution < -0.4 is 10.0 Å². The summed E-state index contributed by atoms with van der Waals surface area (Å²) in [5.41, 5.74) is 0.242. The zero-order chi connectivity index (χ0) is 23.3. The molecule has 3 aromatic rings. The molecule has 0 spiro atoms. The number of hydrogen-bond acceptors (Lipinski definition) is 8. The minimum Gasteiger partial charge on any atom is -0.452 e. The van der Waals surface area contributed by atoms with Crippen molar-refractivity contribution in [1.29, 1.82) is 0 Å². The molecule has 12 heteroatoms. The van der Waals surface area contributed by atoms with E-state index >= 15 is 0 Å². The highest BCUT2D eigenvalue weighted by Crippen LogP contribution is 2.17. The Morgan fingerprint density at radius 2 is 2.06 bits per heavy atom. The predicted octanol–water partition coefficient (Wildman–Crippen LogP) is 1.79. The van der Waals surface area contributed by atoms with E-state index in [2.05, 4.69) is 20.1 Å². The molecule has 1 amide bonds. The molecule has 33 heavy (non-hydrogen) atoms.